The van der Waals surface area contributed by atoms with Crippen molar-refractivity contribution in [3.8, 4) is 6.07 Å². The zero-order valence-electron chi connectivity index (χ0n) is 12.9. The zero-order valence-corrected chi connectivity index (χ0v) is 14.5. The van der Waals surface area contributed by atoms with Crippen molar-refractivity contribution in [3.63, 3.8) is 0 Å². The lowest BCUT2D eigenvalue weighted by Crippen LogP contribution is -2.23. The van der Waals surface area contributed by atoms with Crippen LogP contribution in [0.2, 0.25) is 5.02 Å². The lowest BCUT2D eigenvalue weighted by molar-refractivity contribution is -0.115. The first-order valence-electron chi connectivity index (χ1n) is 6.99. The number of hydrogen-bond acceptors (Lipinski definition) is 5. The molecule has 0 fully saturated rings. The molecule has 0 aliphatic rings. The van der Waals surface area contributed by atoms with Crippen molar-refractivity contribution in [2.75, 3.05) is 5.32 Å². The molecule has 0 aliphatic carbocycles. The predicted octanol–water partition coefficient (Wildman–Crippen LogP) is 3.50. The molecule has 0 spiro atoms. The van der Waals surface area contributed by atoms with Gasteiger partial charge < -0.3 is 9.88 Å². The number of nitrogens with zero attached hydrogens (tertiary/aromatic N) is 4. The van der Waals surface area contributed by atoms with Crippen molar-refractivity contribution in [2.24, 2.45) is 0 Å². The van der Waals surface area contributed by atoms with Gasteiger partial charge in [0.25, 0.3) is 0 Å². The number of amides is 1. The van der Waals surface area contributed by atoms with Crippen LogP contribution < -0.4 is 5.32 Å². The van der Waals surface area contributed by atoms with Crippen molar-refractivity contribution >= 4 is 35.0 Å². The topological polar surface area (TPSA) is 83.6 Å². The first-order chi connectivity index (χ1) is 10.9. The number of anilines is 1. The number of nitriles is 1. The molecular weight excluding hydrogens is 334 g/mol. The van der Waals surface area contributed by atoms with E-state index in [0.29, 0.717) is 21.4 Å². The quantitative estimate of drug-likeness (QED) is 0.835. The summed E-state index contributed by atoms with van der Waals surface area (Å²) >= 11 is 7.30. The fourth-order valence-corrected chi connectivity index (χ4v) is 2.99. The molecule has 2 rings (SSSR count). The maximum absolute atomic E-state index is 12.3. The van der Waals surface area contributed by atoms with Crippen LogP contribution >= 0.6 is 23.4 Å². The van der Waals surface area contributed by atoms with E-state index in [1.165, 1.54) is 11.8 Å². The molecule has 23 heavy (non-hydrogen) atoms. The molecule has 6 nitrogen and oxygen atoms in total. The highest BCUT2D eigenvalue weighted by Gasteiger charge is 2.19. The number of benzene rings is 1. The number of rotatable bonds is 5. The number of aromatic nitrogens is 3. The smallest absolute Gasteiger partial charge is 0.237 e. The fourth-order valence-electron chi connectivity index (χ4n) is 1.81. The van der Waals surface area contributed by atoms with Crippen molar-refractivity contribution < 1.29 is 4.79 Å². The largest absolute Gasteiger partial charge is 0.325 e. The number of nitrogens with one attached hydrogen (secondary N) is 1. The van der Waals surface area contributed by atoms with E-state index < -0.39 is 0 Å². The van der Waals surface area contributed by atoms with E-state index in [1.807, 2.05) is 24.5 Å². The van der Waals surface area contributed by atoms with Crippen LogP contribution in [-0.4, -0.2) is 25.9 Å². The number of carbonyl (C=O) groups is 1. The Balaban J connectivity index is 2.04. The number of thioether (sulfide) groups is 1. The van der Waals surface area contributed by atoms with Crippen molar-refractivity contribution in [2.45, 2.75) is 37.2 Å². The number of carbonyl (C=O) groups excluding carboxylic acids is 1. The number of hydrogen-bond donors (Lipinski definition) is 1. The van der Waals surface area contributed by atoms with Crippen LogP contribution in [0.1, 0.15) is 32.4 Å². The van der Waals surface area contributed by atoms with Crippen molar-refractivity contribution in [1.29, 1.82) is 5.26 Å². The van der Waals surface area contributed by atoms with Crippen LogP contribution in [-0.2, 0) is 4.79 Å². The molecule has 1 heterocycles. The minimum absolute atomic E-state index is 0.172. The van der Waals surface area contributed by atoms with E-state index in [9.17, 15) is 4.79 Å². The third-order valence-electron chi connectivity index (χ3n) is 3.11. The molecule has 0 radical (unpaired) electrons. The van der Waals surface area contributed by atoms with E-state index in [4.69, 9.17) is 16.9 Å². The molecule has 0 bridgehead atoms. The third kappa shape index (κ3) is 4.24. The molecule has 1 unspecified atom stereocenters. The van der Waals surface area contributed by atoms with Gasteiger partial charge >= 0.3 is 0 Å². The Hall–Kier alpha value is -2.04. The summed E-state index contributed by atoms with van der Waals surface area (Å²) in [6, 6.07) is 6.99. The maximum Gasteiger partial charge on any atom is 0.237 e. The van der Waals surface area contributed by atoms with E-state index in [0.717, 1.165) is 0 Å². The standard InChI is InChI=1S/C15H16ClN5OS/c1-9(2)21-8-18-20-15(21)23-10(3)14(22)19-12-5-4-11(7-17)13(16)6-12/h4-6,8-10H,1-3H3,(H,19,22). The van der Waals surface area contributed by atoms with Crippen LogP contribution in [0.4, 0.5) is 5.69 Å². The molecule has 0 saturated carbocycles. The van der Waals surface area contributed by atoms with E-state index >= 15 is 0 Å². The van der Waals surface area contributed by atoms with E-state index in [1.54, 1.807) is 31.5 Å². The van der Waals surface area contributed by atoms with Gasteiger partial charge in [-0.3, -0.25) is 4.79 Å². The van der Waals surface area contributed by atoms with E-state index in [-0.39, 0.29) is 17.2 Å². The maximum atomic E-state index is 12.3. The SMILES string of the molecule is CC(Sc1nncn1C(C)C)C(=O)Nc1ccc(C#N)c(Cl)c1. The summed E-state index contributed by atoms with van der Waals surface area (Å²) in [5.74, 6) is -0.172. The van der Waals surface area contributed by atoms with Gasteiger partial charge in [0.05, 0.1) is 15.8 Å². The fraction of sp³-hybridized carbons (Fsp3) is 0.333. The van der Waals surface area contributed by atoms with Crippen LogP contribution in [0.3, 0.4) is 0 Å². The molecule has 0 aliphatic heterocycles. The highest BCUT2D eigenvalue weighted by Crippen LogP contribution is 2.25. The second-order valence-corrected chi connectivity index (χ2v) is 6.89. The van der Waals surface area contributed by atoms with Gasteiger partial charge in [-0.25, -0.2) is 0 Å². The summed E-state index contributed by atoms with van der Waals surface area (Å²) in [6.07, 6.45) is 1.65. The van der Waals surface area contributed by atoms with Crippen LogP contribution in [0.25, 0.3) is 0 Å². The molecule has 1 aromatic heterocycles. The molecule has 1 aromatic carbocycles. The van der Waals surface area contributed by atoms with Gasteiger partial charge in [-0.15, -0.1) is 10.2 Å². The minimum Gasteiger partial charge on any atom is -0.325 e. The van der Waals surface area contributed by atoms with Crippen LogP contribution in [0.5, 0.6) is 0 Å². The average molecular weight is 350 g/mol. The summed E-state index contributed by atoms with van der Waals surface area (Å²) in [4.78, 5) is 12.3. The predicted molar refractivity (Wildman–Crippen MR) is 90.5 cm³/mol. The Labute approximate surface area is 143 Å². The molecule has 1 amide bonds. The first-order valence-corrected chi connectivity index (χ1v) is 8.24. The molecular formula is C15H16ClN5OS. The third-order valence-corrected chi connectivity index (χ3v) is 4.49. The number of halogens is 1. The van der Waals surface area contributed by atoms with Gasteiger partial charge in [-0.05, 0) is 39.0 Å². The molecule has 120 valence electrons. The molecule has 1 N–H and O–H groups in total. The van der Waals surface area contributed by atoms with Gasteiger partial charge in [-0.1, -0.05) is 23.4 Å². The summed E-state index contributed by atoms with van der Waals surface area (Å²) in [5.41, 5.74) is 0.925. The summed E-state index contributed by atoms with van der Waals surface area (Å²) in [7, 11) is 0. The Bertz CT molecular complexity index is 753. The Morgan fingerprint density at radius 2 is 2.17 bits per heavy atom. The normalized spacial score (nSPS) is 12.0. The van der Waals surface area contributed by atoms with Gasteiger partial charge in [-0.2, -0.15) is 5.26 Å². The monoisotopic (exact) mass is 349 g/mol. The van der Waals surface area contributed by atoms with Gasteiger partial charge in [0.15, 0.2) is 5.16 Å². The van der Waals surface area contributed by atoms with Crippen molar-refractivity contribution in [3.05, 3.63) is 35.1 Å². The second kappa shape index (κ2) is 7.49. The molecule has 1 atom stereocenters. The summed E-state index contributed by atoms with van der Waals surface area (Å²) in [5, 5.41) is 20.2. The second-order valence-electron chi connectivity index (χ2n) is 5.17. The minimum atomic E-state index is -0.355. The average Bonchev–Trinajstić information content (AvgIpc) is 2.95. The highest BCUT2D eigenvalue weighted by atomic mass is 35.5. The van der Waals surface area contributed by atoms with Crippen LogP contribution in [0.15, 0.2) is 29.7 Å². The van der Waals surface area contributed by atoms with Gasteiger partial charge in [0, 0.05) is 11.7 Å². The molecule has 2 aromatic rings. The van der Waals surface area contributed by atoms with Gasteiger partial charge in [0.1, 0.15) is 12.4 Å². The molecule has 0 saturated heterocycles. The summed E-state index contributed by atoms with van der Waals surface area (Å²) < 4.78 is 1.91. The van der Waals surface area contributed by atoms with Crippen LogP contribution in [0, 0.1) is 11.3 Å². The Kier molecular flexibility index (Phi) is 5.64. The lowest BCUT2D eigenvalue weighted by atomic mass is 10.2. The van der Waals surface area contributed by atoms with Crippen molar-refractivity contribution in [1.82, 2.24) is 14.8 Å². The molecule has 8 heteroatoms. The van der Waals surface area contributed by atoms with Gasteiger partial charge in [0.2, 0.25) is 5.91 Å². The first kappa shape index (κ1) is 17.3. The summed E-state index contributed by atoms with van der Waals surface area (Å²) in [6.45, 7) is 5.85. The Morgan fingerprint density at radius 3 is 2.78 bits per heavy atom. The zero-order chi connectivity index (χ0) is 17.0. The lowest BCUT2D eigenvalue weighted by Gasteiger charge is -2.14. The Morgan fingerprint density at radius 1 is 1.43 bits per heavy atom. The van der Waals surface area contributed by atoms with E-state index in [2.05, 4.69) is 15.5 Å². The highest BCUT2D eigenvalue weighted by molar-refractivity contribution is 8.00.